The van der Waals surface area contributed by atoms with Gasteiger partial charge in [0.05, 0.1) is 22.4 Å². The number of thioether (sulfide) groups is 1. The molecule has 25 heavy (non-hydrogen) atoms. The first-order valence-electron chi connectivity index (χ1n) is 8.88. The van der Waals surface area contributed by atoms with Crippen LogP contribution in [-0.4, -0.2) is 35.9 Å². The Kier molecular flexibility index (Phi) is 5.97. The molecule has 2 aromatic rings. The van der Waals surface area contributed by atoms with Crippen molar-refractivity contribution >= 4 is 28.6 Å². The van der Waals surface area contributed by atoms with Crippen molar-refractivity contribution in [1.29, 1.82) is 0 Å². The lowest BCUT2D eigenvalue weighted by atomic mass is 9.93. The van der Waals surface area contributed by atoms with Crippen LogP contribution in [0.25, 0.3) is 10.9 Å². The van der Waals surface area contributed by atoms with Crippen LogP contribution in [0.2, 0.25) is 0 Å². The Bertz CT molecular complexity index is 755. The number of fused-ring (bicyclic) bond motifs is 1. The molecular weight excluding hydrogens is 332 g/mol. The smallest absolute Gasteiger partial charge is 0.230 e. The van der Waals surface area contributed by atoms with E-state index in [4.69, 9.17) is 4.74 Å². The summed E-state index contributed by atoms with van der Waals surface area (Å²) in [5.41, 5.74) is 3.43. The fraction of sp³-hybridized carbons (Fsp3) is 0.500. The van der Waals surface area contributed by atoms with E-state index in [1.54, 1.807) is 7.11 Å². The van der Waals surface area contributed by atoms with E-state index in [0.29, 0.717) is 11.9 Å². The van der Waals surface area contributed by atoms with Crippen LogP contribution in [-0.2, 0) is 9.53 Å². The van der Waals surface area contributed by atoms with E-state index >= 15 is 0 Å². The normalized spacial score (nSPS) is 20.6. The van der Waals surface area contributed by atoms with Gasteiger partial charge in [0.1, 0.15) is 0 Å². The molecule has 1 N–H and O–H groups in total. The first-order chi connectivity index (χ1) is 12.0. The minimum atomic E-state index is 0.0920. The summed E-state index contributed by atoms with van der Waals surface area (Å²) in [6.07, 6.45) is 4.41. The van der Waals surface area contributed by atoms with Crippen molar-refractivity contribution in [2.45, 2.75) is 56.7 Å². The molecule has 4 nitrogen and oxygen atoms in total. The van der Waals surface area contributed by atoms with E-state index in [2.05, 4.69) is 48.4 Å². The number of carbonyl (C=O) groups excluding carboxylic acids is 1. The third-order valence-corrected chi connectivity index (χ3v) is 5.78. The fourth-order valence-electron chi connectivity index (χ4n) is 3.40. The molecule has 0 atom stereocenters. The molecule has 1 heterocycles. The largest absolute Gasteiger partial charge is 0.381 e. The lowest BCUT2D eigenvalue weighted by Gasteiger charge is -2.28. The number of amides is 1. The number of ether oxygens (including phenoxy) is 1. The number of methoxy groups -OCH3 is 1. The Morgan fingerprint density at radius 3 is 2.72 bits per heavy atom. The average Bonchev–Trinajstić information content (AvgIpc) is 2.61. The van der Waals surface area contributed by atoms with Crippen LogP contribution in [0, 0.1) is 13.8 Å². The number of aryl methyl sites for hydroxylation is 2. The van der Waals surface area contributed by atoms with Gasteiger partial charge in [-0.05, 0) is 63.3 Å². The third-order valence-electron chi connectivity index (χ3n) is 4.87. The molecule has 1 fully saturated rings. The maximum absolute atomic E-state index is 12.2. The van der Waals surface area contributed by atoms with Crippen LogP contribution < -0.4 is 5.32 Å². The van der Waals surface area contributed by atoms with E-state index in [9.17, 15) is 4.79 Å². The van der Waals surface area contributed by atoms with Crippen LogP contribution in [0.4, 0.5) is 0 Å². The Labute approximate surface area is 153 Å². The van der Waals surface area contributed by atoms with Gasteiger partial charge in [0.2, 0.25) is 5.91 Å². The van der Waals surface area contributed by atoms with Crippen LogP contribution in [0.15, 0.2) is 29.3 Å². The van der Waals surface area contributed by atoms with Crippen molar-refractivity contribution < 1.29 is 9.53 Å². The molecule has 0 spiro atoms. The Morgan fingerprint density at radius 2 is 2.00 bits per heavy atom. The third kappa shape index (κ3) is 4.73. The second-order valence-electron chi connectivity index (χ2n) is 6.86. The van der Waals surface area contributed by atoms with Crippen molar-refractivity contribution in [3.8, 4) is 0 Å². The number of aromatic nitrogens is 1. The van der Waals surface area contributed by atoms with Gasteiger partial charge in [-0.25, -0.2) is 4.98 Å². The van der Waals surface area contributed by atoms with Crippen molar-refractivity contribution in [2.24, 2.45) is 0 Å². The number of carbonyl (C=O) groups is 1. The zero-order valence-electron chi connectivity index (χ0n) is 15.2. The van der Waals surface area contributed by atoms with Crippen molar-refractivity contribution in [1.82, 2.24) is 10.3 Å². The van der Waals surface area contributed by atoms with Crippen molar-refractivity contribution in [3.05, 3.63) is 35.4 Å². The van der Waals surface area contributed by atoms with E-state index in [-0.39, 0.29) is 11.9 Å². The maximum atomic E-state index is 12.2. The number of pyridine rings is 1. The first-order valence-corrected chi connectivity index (χ1v) is 9.86. The second-order valence-corrected chi connectivity index (χ2v) is 7.86. The van der Waals surface area contributed by atoms with Crippen molar-refractivity contribution in [2.75, 3.05) is 12.9 Å². The molecule has 3 rings (SSSR count). The molecule has 134 valence electrons. The second kappa shape index (κ2) is 8.19. The lowest BCUT2D eigenvalue weighted by Crippen LogP contribution is -2.39. The minimum Gasteiger partial charge on any atom is -0.381 e. The van der Waals surface area contributed by atoms with Gasteiger partial charge in [-0.1, -0.05) is 23.4 Å². The molecule has 0 aliphatic heterocycles. The van der Waals surface area contributed by atoms with Crippen LogP contribution >= 0.6 is 11.8 Å². The molecule has 1 amide bonds. The fourth-order valence-corrected chi connectivity index (χ4v) is 4.19. The molecule has 1 aromatic carbocycles. The van der Waals surface area contributed by atoms with Gasteiger partial charge in [0.15, 0.2) is 0 Å². The molecular formula is C20H26N2O2S. The quantitative estimate of drug-likeness (QED) is 0.820. The summed E-state index contributed by atoms with van der Waals surface area (Å²) in [6.45, 7) is 4.19. The number of nitrogens with zero attached hydrogens (tertiary/aromatic N) is 1. The number of hydrogen-bond acceptors (Lipinski definition) is 4. The van der Waals surface area contributed by atoms with E-state index < -0.39 is 0 Å². The summed E-state index contributed by atoms with van der Waals surface area (Å²) in [5, 5.41) is 5.24. The number of nitrogens with one attached hydrogen (secondary N) is 1. The predicted octanol–water partition coefficient (Wildman–Crippen LogP) is 4.02. The summed E-state index contributed by atoms with van der Waals surface area (Å²) in [7, 11) is 1.76. The molecule has 0 unspecified atom stereocenters. The van der Waals surface area contributed by atoms with E-state index in [0.717, 1.165) is 36.2 Å². The van der Waals surface area contributed by atoms with Gasteiger partial charge < -0.3 is 10.1 Å². The predicted molar refractivity (Wildman–Crippen MR) is 103 cm³/mol. The van der Waals surface area contributed by atoms with Gasteiger partial charge in [0.25, 0.3) is 0 Å². The minimum absolute atomic E-state index is 0.0920. The maximum Gasteiger partial charge on any atom is 0.230 e. The molecule has 1 aromatic heterocycles. The van der Waals surface area contributed by atoms with Gasteiger partial charge >= 0.3 is 0 Å². The van der Waals surface area contributed by atoms with Gasteiger partial charge in [-0.2, -0.15) is 0 Å². The van der Waals surface area contributed by atoms with Gasteiger partial charge in [-0.15, -0.1) is 0 Å². The summed E-state index contributed by atoms with van der Waals surface area (Å²) in [6, 6.07) is 8.65. The molecule has 1 aliphatic carbocycles. The molecule has 5 heteroatoms. The van der Waals surface area contributed by atoms with Crippen LogP contribution in [0.1, 0.15) is 36.8 Å². The molecule has 1 aliphatic rings. The van der Waals surface area contributed by atoms with E-state index in [1.807, 2.05) is 0 Å². The van der Waals surface area contributed by atoms with Crippen molar-refractivity contribution in [3.63, 3.8) is 0 Å². The summed E-state index contributed by atoms with van der Waals surface area (Å²) in [4.78, 5) is 16.9. The van der Waals surface area contributed by atoms with Gasteiger partial charge in [0, 0.05) is 18.5 Å². The molecule has 1 saturated carbocycles. The Morgan fingerprint density at radius 1 is 1.24 bits per heavy atom. The molecule has 0 bridgehead atoms. The monoisotopic (exact) mass is 358 g/mol. The number of hydrogen-bond donors (Lipinski definition) is 1. The SMILES string of the molecule is COC1CCC(NC(=O)CSc2cc(C)c3cc(C)ccc3n2)CC1. The summed E-state index contributed by atoms with van der Waals surface area (Å²) >= 11 is 1.51. The standard InChI is InChI=1S/C20H26N2O2S/c1-13-4-9-18-17(10-13)14(2)11-20(22-18)25-12-19(23)21-15-5-7-16(24-3)8-6-15/h4,9-11,15-16H,5-8,12H2,1-3H3,(H,21,23). The highest BCUT2D eigenvalue weighted by Crippen LogP contribution is 2.25. The number of benzene rings is 1. The average molecular weight is 359 g/mol. The highest BCUT2D eigenvalue weighted by atomic mass is 32.2. The lowest BCUT2D eigenvalue weighted by molar-refractivity contribution is -0.119. The summed E-state index contributed by atoms with van der Waals surface area (Å²) < 4.78 is 5.38. The number of rotatable bonds is 5. The first kappa shape index (κ1) is 18.2. The van der Waals surface area contributed by atoms with Crippen LogP contribution in [0.3, 0.4) is 0 Å². The zero-order valence-corrected chi connectivity index (χ0v) is 16.0. The highest BCUT2D eigenvalue weighted by molar-refractivity contribution is 7.99. The van der Waals surface area contributed by atoms with Crippen LogP contribution in [0.5, 0.6) is 0 Å². The zero-order chi connectivity index (χ0) is 17.8. The topological polar surface area (TPSA) is 51.2 Å². The highest BCUT2D eigenvalue weighted by Gasteiger charge is 2.22. The Hall–Kier alpha value is -1.59. The Balaban J connectivity index is 1.55. The van der Waals surface area contributed by atoms with E-state index in [1.165, 1.54) is 28.3 Å². The molecule has 0 radical (unpaired) electrons. The molecule has 0 saturated heterocycles. The summed E-state index contributed by atoms with van der Waals surface area (Å²) in [5.74, 6) is 0.503. The van der Waals surface area contributed by atoms with Gasteiger partial charge in [-0.3, -0.25) is 4.79 Å².